The van der Waals surface area contributed by atoms with Gasteiger partial charge in [0.1, 0.15) is 4.90 Å². The van der Waals surface area contributed by atoms with Crippen molar-refractivity contribution in [2.24, 2.45) is 5.41 Å². The molecule has 112 valence electrons. The fraction of sp³-hybridized carbons (Fsp3) is 0.417. The Hall–Kier alpha value is -1.48. The summed E-state index contributed by atoms with van der Waals surface area (Å²) in [6.07, 6.45) is 1.71. The van der Waals surface area contributed by atoms with Crippen molar-refractivity contribution in [1.29, 1.82) is 0 Å². The molecule has 1 amide bonds. The molecule has 9 heteroatoms. The summed E-state index contributed by atoms with van der Waals surface area (Å²) in [5.41, 5.74) is -0.605. The molecule has 0 unspecified atom stereocenters. The summed E-state index contributed by atoms with van der Waals surface area (Å²) >= 11 is 3.34. The van der Waals surface area contributed by atoms with Crippen LogP contribution in [0.5, 0.6) is 0 Å². The first-order chi connectivity index (χ1) is 9.81. The third kappa shape index (κ3) is 2.15. The lowest BCUT2D eigenvalue weighted by atomic mass is 10.1. The van der Waals surface area contributed by atoms with E-state index >= 15 is 0 Å². The van der Waals surface area contributed by atoms with E-state index in [-0.39, 0.29) is 28.1 Å². The van der Waals surface area contributed by atoms with Crippen LogP contribution in [-0.4, -0.2) is 35.4 Å². The average molecular weight is 375 g/mol. The molecule has 1 saturated carbocycles. The van der Waals surface area contributed by atoms with Gasteiger partial charge < -0.3 is 0 Å². The van der Waals surface area contributed by atoms with Gasteiger partial charge in [0, 0.05) is 24.0 Å². The zero-order chi connectivity index (χ0) is 15.4. The maximum absolute atomic E-state index is 12.4. The molecule has 1 aromatic rings. The van der Waals surface area contributed by atoms with E-state index in [1.54, 1.807) is 0 Å². The van der Waals surface area contributed by atoms with Gasteiger partial charge in [0.15, 0.2) is 0 Å². The van der Waals surface area contributed by atoms with Crippen molar-refractivity contribution >= 4 is 37.5 Å². The summed E-state index contributed by atoms with van der Waals surface area (Å²) in [6, 6.07) is 3.27. The first-order valence-electron chi connectivity index (χ1n) is 6.22. The van der Waals surface area contributed by atoms with E-state index in [1.165, 1.54) is 0 Å². The van der Waals surface area contributed by atoms with Gasteiger partial charge in [-0.3, -0.25) is 14.9 Å². The highest BCUT2D eigenvalue weighted by Crippen LogP contribution is 2.49. The van der Waals surface area contributed by atoms with E-state index in [1.807, 2.05) is 0 Å². The molecule has 21 heavy (non-hydrogen) atoms. The summed E-state index contributed by atoms with van der Waals surface area (Å²) in [6.45, 7) is 0.113. The number of hydrogen-bond donors (Lipinski definition) is 0. The number of nitro benzene ring substituents is 1. The van der Waals surface area contributed by atoms with E-state index in [9.17, 15) is 23.3 Å². The Kier molecular flexibility index (Phi) is 3.10. The average Bonchev–Trinajstić information content (AvgIpc) is 3.20. The van der Waals surface area contributed by atoms with Gasteiger partial charge in [0.2, 0.25) is 0 Å². The van der Waals surface area contributed by atoms with Gasteiger partial charge in [-0.1, -0.05) is 15.9 Å². The van der Waals surface area contributed by atoms with E-state index in [2.05, 4.69) is 15.9 Å². The molecule has 1 aliphatic carbocycles. The molecule has 0 radical (unpaired) electrons. The van der Waals surface area contributed by atoms with Crippen molar-refractivity contribution in [3.05, 3.63) is 33.9 Å². The van der Waals surface area contributed by atoms with Crippen LogP contribution >= 0.6 is 15.9 Å². The molecule has 2 aliphatic rings. The first kappa shape index (κ1) is 14.5. The second-order valence-electron chi connectivity index (χ2n) is 5.39. The largest absolute Gasteiger partial charge is 0.270 e. The Labute approximate surface area is 129 Å². The summed E-state index contributed by atoms with van der Waals surface area (Å²) in [4.78, 5) is 22.3. The van der Waals surface area contributed by atoms with Crippen molar-refractivity contribution < 1.29 is 18.1 Å². The topological polar surface area (TPSA) is 97.6 Å². The Morgan fingerprint density at radius 2 is 2.05 bits per heavy atom. The fourth-order valence-electron chi connectivity index (χ4n) is 2.36. The molecular weight excluding hydrogens is 364 g/mol. The van der Waals surface area contributed by atoms with Crippen LogP contribution in [0.4, 0.5) is 5.69 Å². The molecular formula is C12H11BrN2O5S. The fourth-order valence-corrected chi connectivity index (χ4v) is 4.76. The maximum Gasteiger partial charge on any atom is 0.270 e. The normalized spacial score (nSPS) is 21.2. The number of amides is 1. The Morgan fingerprint density at radius 1 is 1.38 bits per heavy atom. The highest BCUT2D eigenvalue weighted by atomic mass is 79.9. The number of carbonyl (C=O) groups excluding carboxylic acids is 1. The van der Waals surface area contributed by atoms with Crippen LogP contribution in [0.25, 0.3) is 0 Å². The van der Waals surface area contributed by atoms with Crippen molar-refractivity contribution in [3.63, 3.8) is 0 Å². The molecule has 0 atom stereocenters. The molecule has 0 saturated heterocycles. The number of sulfonamides is 1. The highest BCUT2D eigenvalue weighted by Gasteiger charge is 2.50. The van der Waals surface area contributed by atoms with Gasteiger partial charge in [-0.25, -0.2) is 12.7 Å². The third-order valence-corrected chi connectivity index (χ3v) is 6.90. The molecule has 0 aromatic heterocycles. The number of halogens is 1. The minimum atomic E-state index is -3.90. The van der Waals surface area contributed by atoms with Crippen molar-refractivity contribution in [2.45, 2.75) is 17.7 Å². The quantitative estimate of drug-likeness (QED) is 0.455. The minimum absolute atomic E-state index is 0.113. The van der Waals surface area contributed by atoms with Gasteiger partial charge in [-0.2, -0.15) is 0 Å². The lowest BCUT2D eigenvalue weighted by molar-refractivity contribution is -0.384. The van der Waals surface area contributed by atoms with E-state index in [0.29, 0.717) is 5.33 Å². The lowest BCUT2D eigenvalue weighted by Gasteiger charge is -2.20. The summed E-state index contributed by atoms with van der Waals surface area (Å²) < 4.78 is 25.7. The molecule has 1 fully saturated rings. The molecule has 1 aliphatic heterocycles. The summed E-state index contributed by atoms with van der Waals surface area (Å²) in [5.74, 6) is -0.680. The Bertz CT molecular complexity index is 757. The molecule has 1 aromatic carbocycles. The molecule has 0 bridgehead atoms. The van der Waals surface area contributed by atoms with Crippen molar-refractivity contribution in [1.82, 2.24) is 4.31 Å². The van der Waals surface area contributed by atoms with Gasteiger partial charge in [-0.15, -0.1) is 0 Å². The highest BCUT2D eigenvalue weighted by molar-refractivity contribution is 9.09. The van der Waals surface area contributed by atoms with E-state index < -0.39 is 20.9 Å². The Balaban J connectivity index is 2.04. The van der Waals surface area contributed by atoms with Crippen molar-refractivity contribution in [2.75, 3.05) is 11.9 Å². The summed E-state index contributed by atoms with van der Waals surface area (Å²) in [5, 5.41) is 11.4. The smallest absolute Gasteiger partial charge is 0.268 e. The minimum Gasteiger partial charge on any atom is -0.268 e. The van der Waals surface area contributed by atoms with Crippen LogP contribution < -0.4 is 0 Å². The van der Waals surface area contributed by atoms with Gasteiger partial charge >= 0.3 is 0 Å². The Morgan fingerprint density at radius 3 is 2.57 bits per heavy atom. The molecule has 7 nitrogen and oxygen atoms in total. The number of fused-ring (bicyclic) bond motifs is 1. The number of carbonyl (C=O) groups is 1. The van der Waals surface area contributed by atoms with Crippen LogP contribution in [0.1, 0.15) is 23.2 Å². The third-order valence-electron chi connectivity index (χ3n) is 3.92. The van der Waals surface area contributed by atoms with Crippen molar-refractivity contribution in [3.8, 4) is 0 Å². The lowest BCUT2D eigenvalue weighted by Crippen LogP contribution is -2.36. The number of alkyl halides is 1. The van der Waals surface area contributed by atoms with E-state index in [0.717, 1.165) is 35.3 Å². The number of non-ortho nitro benzene ring substituents is 1. The summed E-state index contributed by atoms with van der Waals surface area (Å²) in [7, 11) is -3.90. The SMILES string of the molecule is O=C1c2cc([N+](=O)[O-])ccc2S(=O)(=O)N1CC1(CBr)CC1. The van der Waals surface area contributed by atoms with Crippen LogP contribution in [0.15, 0.2) is 23.1 Å². The monoisotopic (exact) mass is 374 g/mol. The number of nitro groups is 1. The molecule has 3 rings (SSSR count). The number of rotatable bonds is 4. The second kappa shape index (κ2) is 4.51. The number of benzene rings is 1. The molecule has 1 heterocycles. The first-order valence-corrected chi connectivity index (χ1v) is 8.78. The van der Waals surface area contributed by atoms with Gasteiger partial charge in [0.25, 0.3) is 21.6 Å². The van der Waals surface area contributed by atoms with E-state index in [4.69, 9.17) is 0 Å². The molecule has 0 spiro atoms. The zero-order valence-corrected chi connectivity index (χ0v) is 13.2. The van der Waals surface area contributed by atoms with Gasteiger partial charge in [-0.05, 0) is 24.3 Å². The standard InChI is InChI=1S/C12H11BrN2O5S/c13-6-12(3-4-12)7-14-11(16)9-5-8(15(17)18)1-2-10(9)21(14,19)20/h1-2,5H,3-4,6-7H2. The van der Waals surface area contributed by atoms with Crippen LogP contribution in [0.3, 0.4) is 0 Å². The maximum atomic E-state index is 12.4. The number of nitrogens with zero attached hydrogens (tertiary/aromatic N) is 2. The second-order valence-corrected chi connectivity index (χ2v) is 7.78. The number of hydrogen-bond acceptors (Lipinski definition) is 5. The van der Waals surface area contributed by atoms with Crippen LogP contribution in [0.2, 0.25) is 0 Å². The predicted octanol–water partition coefficient (Wildman–Crippen LogP) is 1.91. The van der Waals surface area contributed by atoms with Crippen LogP contribution in [-0.2, 0) is 10.0 Å². The predicted molar refractivity (Wildman–Crippen MR) is 76.8 cm³/mol. The van der Waals surface area contributed by atoms with Crippen LogP contribution in [0, 0.1) is 15.5 Å². The zero-order valence-electron chi connectivity index (χ0n) is 10.8. The van der Waals surface area contributed by atoms with Gasteiger partial charge in [0.05, 0.1) is 10.5 Å². The molecule has 0 N–H and O–H groups in total.